The quantitative estimate of drug-likeness (QED) is 0.900. The zero-order valence-corrected chi connectivity index (χ0v) is 12.1. The van der Waals surface area contributed by atoms with Crippen LogP contribution in [0.4, 0.5) is 5.69 Å². The smallest absolute Gasteiger partial charge is 0.335 e. The standard InChI is InChI=1S/C14H18BrNO2/c1-10-5-3-2-4-6-16(10)13-8-11(14(17)18)7-12(15)9-13/h7-10H,2-6H2,1H3,(H,17,18). The van der Waals surface area contributed by atoms with Gasteiger partial charge in [-0.2, -0.15) is 0 Å². The normalized spacial score (nSPS) is 20.6. The first-order chi connectivity index (χ1) is 8.58. The summed E-state index contributed by atoms with van der Waals surface area (Å²) in [6.07, 6.45) is 4.88. The van der Waals surface area contributed by atoms with E-state index in [0.29, 0.717) is 11.6 Å². The van der Waals surface area contributed by atoms with E-state index in [0.717, 1.165) is 16.7 Å². The molecule has 0 saturated carbocycles. The van der Waals surface area contributed by atoms with Crippen molar-refractivity contribution in [2.24, 2.45) is 0 Å². The summed E-state index contributed by atoms with van der Waals surface area (Å²) < 4.78 is 0.828. The first-order valence-corrected chi connectivity index (χ1v) is 7.18. The third kappa shape index (κ3) is 3.05. The van der Waals surface area contributed by atoms with Gasteiger partial charge in [-0.05, 0) is 38.0 Å². The van der Waals surface area contributed by atoms with E-state index in [1.54, 1.807) is 12.1 Å². The predicted octanol–water partition coefficient (Wildman–Crippen LogP) is 3.92. The molecule has 0 bridgehead atoms. The van der Waals surface area contributed by atoms with Gasteiger partial charge in [0.2, 0.25) is 0 Å². The van der Waals surface area contributed by atoms with Crippen LogP contribution in [0.2, 0.25) is 0 Å². The summed E-state index contributed by atoms with van der Waals surface area (Å²) in [6.45, 7) is 3.23. The van der Waals surface area contributed by atoms with Crippen molar-refractivity contribution in [3.05, 3.63) is 28.2 Å². The van der Waals surface area contributed by atoms with Crippen molar-refractivity contribution >= 4 is 27.6 Å². The van der Waals surface area contributed by atoms with Crippen LogP contribution in [0.3, 0.4) is 0 Å². The molecule has 0 spiro atoms. The molecule has 1 aromatic rings. The number of carboxylic acid groups (broad SMARTS) is 1. The highest BCUT2D eigenvalue weighted by Gasteiger charge is 2.18. The van der Waals surface area contributed by atoms with Crippen LogP contribution in [0.5, 0.6) is 0 Å². The Kier molecular flexibility index (Phi) is 4.27. The van der Waals surface area contributed by atoms with E-state index in [2.05, 4.69) is 27.8 Å². The Morgan fingerprint density at radius 2 is 2.11 bits per heavy atom. The van der Waals surface area contributed by atoms with Crippen molar-refractivity contribution in [1.29, 1.82) is 0 Å². The number of halogens is 1. The van der Waals surface area contributed by atoms with Gasteiger partial charge in [-0.25, -0.2) is 4.79 Å². The van der Waals surface area contributed by atoms with E-state index < -0.39 is 5.97 Å². The summed E-state index contributed by atoms with van der Waals surface area (Å²) in [7, 11) is 0. The number of hydrogen-bond acceptors (Lipinski definition) is 2. The second-order valence-electron chi connectivity index (χ2n) is 4.90. The van der Waals surface area contributed by atoms with E-state index in [9.17, 15) is 4.79 Å². The summed E-state index contributed by atoms with van der Waals surface area (Å²) in [5.41, 5.74) is 1.35. The highest BCUT2D eigenvalue weighted by atomic mass is 79.9. The molecule has 1 aliphatic heterocycles. The maximum atomic E-state index is 11.1. The Labute approximate surface area is 116 Å². The van der Waals surface area contributed by atoms with Gasteiger partial charge in [0.25, 0.3) is 0 Å². The van der Waals surface area contributed by atoms with Crippen LogP contribution >= 0.6 is 15.9 Å². The van der Waals surface area contributed by atoms with Gasteiger partial charge in [-0.3, -0.25) is 0 Å². The van der Waals surface area contributed by atoms with Crippen LogP contribution in [0.25, 0.3) is 0 Å². The maximum Gasteiger partial charge on any atom is 0.335 e. The van der Waals surface area contributed by atoms with Gasteiger partial charge in [-0.15, -0.1) is 0 Å². The minimum absolute atomic E-state index is 0.343. The summed E-state index contributed by atoms with van der Waals surface area (Å²) in [5, 5.41) is 9.11. The van der Waals surface area contributed by atoms with E-state index in [4.69, 9.17) is 5.11 Å². The molecule has 1 aliphatic rings. The summed E-state index contributed by atoms with van der Waals surface area (Å²) >= 11 is 3.40. The third-order valence-electron chi connectivity index (χ3n) is 3.51. The highest BCUT2D eigenvalue weighted by molar-refractivity contribution is 9.10. The van der Waals surface area contributed by atoms with Gasteiger partial charge in [-0.1, -0.05) is 28.8 Å². The van der Waals surface area contributed by atoms with Crippen LogP contribution in [-0.2, 0) is 0 Å². The lowest BCUT2D eigenvalue weighted by Crippen LogP contribution is -2.32. The Hall–Kier alpha value is -1.03. The SMILES string of the molecule is CC1CCCCCN1c1cc(Br)cc(C(=O)O)c1. The average Bonchev–Trinajstić information content (AvgIpc) is 2.53. The number of carbonyl (C=O) groups is 1. The Bertz CT molecular complexity index is 447. The van der Waals surface area contributed by atoms with E-state index in [1.807, 2.05) is 6.07 Å². The molecule has 1 aromatic carbocycles. The molecule has 3 nitrogen and oxygen atoms in total. The van der Waals surface area contributed by atoms with Crippen molar-refractivity contribution in [2.75, 3.05) is 11.4 Å². The van der Waals surface area contributed by atoms with Crippen molar-refractivity contribution in [1.82, 2.24) is 0 Å². The molecule has 4 heteroatoms. The van der Waals surface area contributed by atoms with Crippen LogP contribution in [0.1, 0.15) is 43.0 Å². The summed E-state index contributed by atoms with van der Waals surface area (Å²) in [5.74, 6) is -0.875. The Morgan fingerprint density at radius 1 is 1.33 bits per heavy atom. The number of hydrogen-bond donors (Lipinski definition) is 1. The van der Waals surface area contributed by atoms with Crippen molar-refractivity contribution < 1.29 is 9.90 Å². The summed E-state index contributed by atoms with van der Waals surface area (Å²) in [6, 6.07) is 5.90. The van der Waals surface area contributed by atoms with Gasteiger partial charge >= 0.3 is 5.97 Å². The van der Waals surface area contributed by atoms with Gasteiger partial charge in [0.15, 0.2) is 0 Å². The monoisotopic (exact) mass is 311 g/mol. The lowest BCUT2D eigenvalue weighted by Gasteiger charge is -2.29. The topological polar surface area (TPSA) is 40.5 Å². The largest absolute Gasteiger partial charge is 0.478 e. The van der Waals surface area contributed by atoms with Crippen molar-refractivity contribution in [3.8, 4) is 0 Å². The van der Waals surface area contributed by atoms with Crippen molar-refractivity contribution in [3.63, 3.8) is 0 Å². The lowest BCUT2D eigenvalue weighted by atomic mass is 10.1. The van der Waals surface area contributed by atoms with Crippen LogP contribution in [0, 0.1) is 0 Å². The van der Waals surface area contributed by atoms with Crippen LogP contribution in [-0.4, -0.2) is 23.7 Å². The number of nitrogens with zero attached hydrogens (tertiary/aromatic N) is 1. The molecule has 1 atom stereocenters. The first-order valence-electron chi connectivity index (χ1n) is 6.38. The van der Waals surface area contributed by atoms with Gasteiger partial charge in [0.05, 0.1) is 5.56 Å². The molecule has 1 saturated heterocycles. The molecule has 0 amide bonds. The van der Waals surface area contributed by atoms with Crippen LogP contribution in [0.15, 0.2) is 22.7 Å². The minimum Gasteiger partial charge on any atom is -0.478 e. The van der Waals surface area contributed by atoms with Crippen LogP contribution < -0.4 is 4.90 Å². The van der Waals surface area contributed by atoms with E-state index in [-0.39, 0.29) is 0 Å². The first kappa shape index (κ1) is 13.4. The van der Waals surface area contributed by atoms with Gasteiger partial charge in [0.1, 0.15) is 0 Å². The number of anilines is 1. The molecular formula is C14H18BrNO2. The predicted molar refractivity (Wildman–Crippen MR) is 76.4 cm³/mol. The molecule has 18 heavy (non-hydrogen) atoms. The fourth-order valence-corrected chi connectivity index (χ4v) is 3.00. The molecule has 0 radical (unpaired) electrons. The molecule has 0 aromatic heterocycles. The third-order valence-corrected chi connectivity index (χ3v) is 3.97. The molecule has 1 N–H and O–H groups in total. The number of carboxylic acids is 1. The fourth-order valence-electron chi connectivity index (χ4n) is 2.52. The van der Waals surface area contributed by atoms with E-state index in [1.165, 1.54) is 25.7 Å². The second kappa shape index (κ2) is 5.74. The lowest BCUT2D eigenvalue weighted by molar-refractivity contribution is 0.0697. The molecule has 1 heterocycles. The fraction of sp³-hybridized carbons (Fsp3) is 0.500. The van der Waals surface area contributed by atoms with Gasteiger partial charge < -0.3 is 10.0 Å². The second-order valence-corrected chi connectivity index (χ2v) is 5.81. The molecule has 1 fully saturated rings. The molecule has 2 rings (SSSR count). The summed E-state index contributed by atoms with van der Waals surface area (Å²) in [4.78, 5) is 13.4. The molecule has 0 aliphatic carbocycles. The maximum absolute atomic E-state index is 11.1. The Balaban J connectivity index is 2.33. The highest BCUT2D eigenvalue weighted by Crippen LogP contribution is 2.28. The molecule has 98 valence electrons. The Morgan fingerprint density at radius 3 is 2.83 bits per heavy atom. The minimum atomic E-state index is -0.875. The number of rotatable bonds is 2. The number of aromatic carboxylic acids is 1. The zero-order valence-electron chi connectivity index (χ0n) is 10.5. The van der Waals surface area contributed by atoms with Crippen molar-refractivity contribution in [2.45, 2.75) is 38.6 Å². The molecular weight excluding hydrogens is 294 g/mol. The number of benzene rings is 1. The zero-order chi connectivity index (χ0) is 13.1. The average molecular weight is 312 g/mol. The van der Waals surface area contributed by atoms with E-state index >= 15 is 0 Å². The molecule has 1 unspecified atom stereocenters. The van der Waals surface area contributed by atoms with Gasteiger partial charge in [0, 0.05) is 22.7 Å².